The van der Waals surface area contributed by atoms with Crippen LogP contribution in [0.15, 0.2) is 18.2 Å². The van der Waals surface area contributed by atoms with Crippen LogP contribution in [0.25, 0.3) is 0 Å². The van der Waals surface area contributed by atoms with Crippen LogP contribution in [0.2, 0.25) is 0 Å². The maximum Gasteiger partial charge on any atom is 0.547 e. The largest absolute Gasteiger partial charge is 0.547 e. The number of carbonyl (C=O) groups is 2. The van der Waals surface area contributed by atoms with Gasteiger partial charge < -0.3 is 29.6 Å². The highest BCUT2D eigenvalue weighted by Crippen LogP contribution is 2.29. The molecule has 0 aromatic heterocycles. The summed E-state index contributed by atoms with van der Waals surface area (Å²) in [6.07, 6.45) is 0.265. The second-order valence-corrected chi connectivity index (χ2v) is 5.03. The average Bonchev–Trinajstić information content (AvgIpc) is 2.51. The van der Waals surface area contributed by atoms with Crippen LogP contribution in [-0.4, -0.2) is 62.0 Å². The van der Waals surface area contributed by atoms with Crippen molar-refractivity contribution < 1.29 is 33.8 Å². The number of carboxylic acids is 1. The molecular formula is C14H18BNO7. The SMILES string of the molecule is COCCOCC(=O)NC1Cc2cccc(C(=O)O)c2OB1O. The zero-order valence-electron chi connectivity index (χ0n) is 12.7. The van der Waals surface area contributed by atoms with Crippen molar-refractivity contribution in [1.29, 1.82) is 0 Å². The predicted octanol–water partition coefficient (Wildman–Crippen LogP) is -0.513. The van der Waals surface area contributed by atoms with Crippen LogP contribution in [0.5, 0.6) is 5.75 Å². The molecule has 1 heterocycles. The lowest BCUT2D eigenvalue weighted by molar-refractivity contribution is -0.126. The Morgan fingerprint density at radius 3 is 2.91 bits per heavy atom. The van der Waals surface area contributed by atoms with Crippen molar-refractivity contribution in [3.05, 3.63) is 29.3 Å². The van der Waals surface area contributed by atoms with Crippen LogP contribution in [0, 0.1) is 0 Å². The topological polar surface area (TPSA) is 114 Å². The number of hydrogen-bond donors (Lipinski definition) is 3. The Bertz CT molecular complexity index is 580. The van der Waals surface area contributed by atoms with E-state index in [1.807, 2.05) is 0 Å². The van der Waals surface area contributed by atoms with Gasteiger partial charge in [-0.05, 0) is 18.1 Å². The Kier molecular flexibility index (Phi) is 5.97. The Morgan fingerprint density at radius 2 is 2.22 bits per heavy atom. The summed E-state index contributed by atoms with van der Waals surface area (Å²) < 4.78 is 15.2. The first-order valence-electron chi connectivity index (χ1n) is 7.09. The number of ether oxygens (including phenoxy) is 2. The van der Waals surface area contributed by atoms with Crippen LogP contribution < -0.4 is 9.97 Å². The van der Waals surface area contributed by atoms with Crippen LogP contribution in [0.4, 0.5) is 0 Å². The lowest BCUT2D eigenvalue weighted by Gasteiger charge is -2.28. The lowest BCUT2D eigenvalue weighted by Crippen LogP contribution is -2.54. The molecule has 8 nitrogen and oxygen atoms in total. The van der Waals surface area contributed by atoms with Gasteiger partial charge in [-0.15, -0.1) is 0 Å². The van der Waals surface area contributed by atoms with Crippen molar-refractivity contribution in [2.24, 2.45) is 0 Å². The summed E-state index contributed by atoms with van der Waals surface area (Å²) in [6, 6.07) is 4.69. The summed E-state index contributed by atoms with van der Waals surface area (Å²) in [5.41, 5.74) is 0.593. The zero-order valence-corrected chi connectivity index (χ0v) is 12.7. The Hall–Kier alpha value is -2.10. The number of carboxylic acid groups (broad SMARTS) is 1. The lowest BCUT2D eigenvalue weighted by atomic mass is 9.72. The summed E-state index contributed by atoms with van der Waals surface area (Å²) in [5.74, 6) is -2.07. The van der Waals surface area contributed by atoms with E-state index in [1.54, 1.807) is 12.1 Å². The van der Waals surface area contributed by atoms with E-state index in [-0.39, 0.29) is 24.3 Å². The third kappa shape index (κ3) is 4.44. The molecule has 1 aliphatic heterocycles. The smallest absolute Gasteiger partial charge is 0.534 e. The van der Waals surface area contributed by atoms with Gasteiger partial charge in [0.25, 0.3) is 0 Å². The summed E-state index contributed by atoms with van der Waals surface area (Å²) in [4.78, 5) is 22.9. The fourth-order valence-corrected chi connectivity index (χ4v) is 2.27. The van der Waals surface area contributed by atoms with Crippen molar-refractivity contribution >= 4 is 19.0 Å². The number of hydrogen-bond acceptors (Lipinski definition) is 6. The fourth-order valence-electron chi connectivity index (χ4n) is 2.27. The minimum absolute atomic E-state index is 0.0192. The van der Waals surface area contributed by atoms with Gasteiger partial charge in [-0.3, -0.25) is 4.79 Å². The number of rotatable bonds is 7. The number of nitrogens with one attached hydrogen (secondary N) is 1. The number of methoxy groups -OCH3 is 1. The van der Waals surface area contributed by atoms with Crippen molar-refractivity contribution in [3.63, 3.8) is 0 Å². The molecule has 0 aliphatic carbocycles. The van der Waals surface area contributed by atoms with E-state index in [0.29, 0.717) is 18.8 Å². The fraction of sp³-hybridized carbons (Fsp3) is 0.429. The summed E-state index contributed by atoms with van der Waals surface area (Å²) in [7, 11) is 0.202. The molecular weight excluding hydrogens is 305 g/mol. The van der Waals surface area contributed by atoms with E-state index >= 15 is 0 Å². The molecule has 0 spiro atoms. The van der Waals surface area contributed by atoms with Gasteiger partial charge in [-0.1, -0.05) is 12.1 Å². The van der Waals surface area contributed by atoms with Gasteiger partial charge >= 0.3 is 13.1 Å². The van der Waals surface area contributed by atoms with Gasteiger partial charge in [0.2, 0.25) is 5.91 Å². The molecule has 2 rings (SSSR count). The maximum absolute atomic E-state index is 11.8. The first kappa shape index (κ1) is 17.3. The van der Waals surface area contributed by atoms with E-state index in [1.165, 1.54) is 13.2 Å². The highest BCUT2D eigenvalue weighted by molar-refractivity contribution is 6.47. The molecule has 0 bridgehead atoms. The average molecular weight is 323 g/mol. The van der Waals surface area contributed by atoms with Crippen molar-refractivity contribution in [2.75, 3.05) is 26.9 Å². The van der Waals surface area contributed by atoms with Gasteiger partial charge in [0.05, 0.1) is 24.7 Å². The van der Waals surface area contributed by atoms with Crippen LogP contribution in [-0.2, 0) is 20.7 Å². The number of benzene rings is 1. The van der Waals surface area contributed by atoms with Crippen molar-refractivity contribution in [3.8, 4) is 5.75 Å². The quantitative estimate of drug-likeness (QED) is 0.457. The van der Waals surface area contributed by atoms with Crippen molar-refractivity contribution in [2.45, 2.75) is 12.4 Å². The Labute approximate surface area is 133 Å². The molecule has 9 heteroatoms. The normalized spacial score (nSPS) is 16.4. The van der Waals surface area contributed by atoms with E-state index < -0.39 is 24.9 Å². The minimum Gasteiger partial charge on any atom is -0.534 e. The number of carbonyl (C=O) groups excluding carboxylic acids is 1. The van der Waals surface area contributed by atoms with E-state index in [0.717, 1.165) is 0 Å². The number of fused-ring (bicyclic) bond motifs is 1. The maximum atomic E-state index is 11.8. The molecule has 3 N–H and O–H groups in total. The third-order valence-corrected chi connectivity index (χ3v) is 3.36. The van der Waals surface area contributed by atoms with Crippen LogP contribution in [0.3, 0.4) is 0 Å². The Balaban J connectivity index is 1.97. The number of para-hydroxylation sites is 1. The first-order chi connectivity index (χ1) is 11.0. The first-order valence-corrected chi connectivity index (χ1v) is 7.09. The van der Waals surface area contributed by atoms with Crippen molar-refractivity contribution in [1.82, 2.24) is 5.32 Å². The predicted molar refractivity (Wildman–Crippen MR) is 80.3 cm³/mol. The van der Waals surface area contributed by atoms with Gasteiger partial charge in [-0.25, -0.2) is 4.79 Å². The highest BCUT2D eigenvalue weighted by atomic mass is 16.5. The summed E-state index contributed by atoms with van der Waals surface area (Å²) in [6.45, 7) is 0.515. The molecule has 0 saturated carbocycles. The molecule has 124 valence electrons. The second kappa shape index (κ2) is 7.95. The molecule has 0 radical (unpaired) electrons. The third-order valence-electron chi connectivity index (χ3n) is 3.36. The van der Waals surface area contributed by atoms with E-state index in [9.17, 15) is 14.6 Å². The van der Waals surface area contributed by atoms with Gasteiger partial charge in [-0.2, -0.15) is 0 Å². The van der Waals surface area contributed by atoms with E-state index in [2.05, 4.69) is 5.32 Å². The summed E-state index contributed by atoms with van der Waals surface area (Å²) >= 11 is 0. The molecule has 1 aliphatic rings. The molecule has 1 aromatic rings. The zero-order chi connectivity index (χ0) is 16.8. The van der Waals surface area contributed by atoms with Crippen LogP contribution >= 0.6 is 0 Å². The summed E-state index contributed by atoms with van der Waals surface area (Å²) in [5, 5.41) is 21.7. The molecule has 0 fully saturated rings. The van der Waals surface area contributed by atoms with Gasteiger partial charge in [0, 0.05) is 7.11 Å². The Morgan fingerprint density at radius 1 is 1.43 bits per heavy atom. The number of aromatic carboxylic acids is 1. The van der Waals surface area contributed by atoms with E-state index in [4.69, 9.17) is 19.2 Å². The molecule has 1 aromatic carbocycles. The molecule has 1 amide bonds. The minimum atomic E-state index is -1.33. The standard InChI is InChI=1S/C14H18BNO7/c1-21-5-6-22-8-12(17)16-11-7-9-3-2-4-10(14(18)19)13(9)23-15(11)20/h2-4,11,20H,5-8H2,1H3,(H,16,17)(H,18,19). The number of amides is 1. The molecule has 23 heavy (non-hydrogen) atoms. The molecule has 0 saturated heterocycles. The van der Waals surface area contributed by atoms with Crippen LogP contribution in [0.1, 0.15) is 15.9 Å². The monoisotopic (exact) mass is 323 g/mol. The molecule has 1 unspecified atom stereocenters. The van der Waals surface area contributed by atoms with Gasteiger partial charge in [0.15, 0.2) is 0 Å². The second-order valence-electron chi connectivity index (χ2n) is 5.03. The van der Waals surface area contributed by atoms with Gasteiger partial charge in [0.1, 0.15) is 12.4 Å². The molecule has 1 atom stereocenters. The highest BCUT2D eigenvalue weighted by Gasteiger charge is 2.37.